The van der Waals surface area contributed by atoms with E-state index in [0.717, 1.165) is 23.3 Å². The monoisotopic (exact) mass is 226 g/mol. The van der Waals surface area contributed by atoms with E-state index in [0.29, 0.717) is 11.3 Å². The summed E-state index contributed by atoms with van der Waals surface area (Å²) in [6, 6.07) is 0.290. The van der Waals surface area contributed by atoms with Gasteiger partial charge in [0.15, 0.2) is 0 Å². The molecule has 3 atom stereocenters. The first kappa shape index (κ1) is 11.0. The van der Waals surface area contributed by atoms with Crippen LogP contribution in [0.3, 0.4) is 0 Å². The molecule has 0 amide bonds. The van der Waals surface area contributed by atoms with E-state index in [1.165, 1.54) is 12.8 Å². The van der Waals surface area contributed by atoms with Crippen LogP contribution in [0.1, 0.15) is 31.9 Å². The fourth-order valence-electron chi connectivity index (χ4n) is 2.00. The summed E-state index contributed by atoms with van der Waals surface area (Å²) < 4.78 is 5.35. The van der Waals surface area contributed by atoms with Crippen LogP contribution in [0.2, 0.25) is 0 Å². The first-order valence-electron chi connectivity index (χ1n) is 5.49. The summed E-state index contributed by atoms with van der Waals surface area (Å²) in [7, 11) is 0. The van der Waals surface area contributed by atoms with Crippen molar-refractivity contribution in [3.05, 3.63) is 12.0 Å². The van der Waals surface area contributed by atoms with Crippen molar-refractivity contribution in [1.82, 2.24) is 4.98 Å². The van der Waals surface area contributed by atoms with Crippen LogP contribution < -0.4 is 5.73 Å². The molecular formula is C11H18N2OS. The lowest BCUT2D eigenvalue weighted by Crippen LogP contribution is -2.37. The topological polar surface area (TPSA) is 52.0 Å². The van der Waals surface area contributed by atoms with Gasteiger partial charge < -0.3 is 10.2 Å². The highest BCUT2D eigenvalue weighted by Crippen LogP contribution is 2.35. The van der Waals surface area contributed by atoms with Gasteiger partial charge >= 0.3 is 0 Å². The quantitative estimate of drug-likeness (QED) is 0.842. The molecule has 0 spiro atoms. The first-order valence-corrected chi connectivity index (χ1v) is 6.37. The van der Waals surface area contributed by atoms with E-state index < -0.39 is 0 Å². The van der Waals surface area contributed by atoms with Crippen LogP contribution >= 0.6 is 11.8 Å². The standard InChI is InChI=1S/C11H18N2OS/c1-7-3-4-9(12)10(5-7)15-11-13-8(2)6-14-11/h6-7,9-10H,3-5,12H2,1-2H3. The maximum absolute atomic E-state index is 6.11. The summed E-state index contributed by atoms with van der Waals surface area (Å²) >= 11 is 1.69. The van der Waals surface area contributed by atoms with Gasteiger partial charge in [-0.25, -0.2) is 4.98 Å². The largest absolute Gasteiger partial charge is 0.440 e. The van der Waals surface area contributed by atoms with E-state index in [4.69, 9.17) is 10.2 Å². The number of hydrogen-bond donors (Lipinski definition) is 1. The van der Waals surface area contributed by atoms with Crippen molar-refractivity contribution in [1.29, 1.82) is 0 Å². The molecular weight excluding hydrogens is 208 g/mol. The molecule has 3 unspecified atom stereocenters. The number of oxazole rings is 1. The van der Waals surface area contributed by atoms with E-state index in [9.17, 15) is 0 Å². The Labute approximate surface area is 94.8 Å². The van der Waals surface area contributed by atoms with Gasteiger partial charge in [0.2, 0.25) is 0 Å². The summed E-state index contributed by atoms with van der Waals surface area (Å²) in [6.07, 6.45) is 5.24. The summed E-state index contributed by atoms with van der Waals surface area (Å²) in [6.45, 7) is 4.23. The van der Waals surface area contributed by atoms with Crippen LogP contribution in [0.25, 0.3) is 0 Å². The van der Waals surface area contributed by atoms with Gasteiger partial charge in [0.25, 0.3) is 5.22 Å². The Kier molecular flexibility index (Phi) is 3.36. The molecule has 1 aromatic heterocycles. The highest BCUT2D eigenvalue weighted by Gasteiger charge is 2.27. The molecule has 3 nitrogen and oxygen atoms in total. The SMILES string of the molecule is Cc1coc(SC2CC(C)CCC2N)n1. The smallest absolute Gasteiger partial charge is 0.256 e. The molecule has 1 saturated carbocycles. The van der Waals surface area contributed by atoms with E-state index in [2.05, 4.69) is 11.9 Å². The van der Waals surface area contributed by atoms with Crippen LogP contribution in [0, 0.1) is 12.8 Å². The van der Waals surface area contributed by atoms with E-state index in [1.54, 1.807) is 18.0 Å². The third-order valence-electron chi connectivity index (χ3n) is 2.96. The molecule has 1 fully saturated rings. The van der Waals surface area contributed by atoms with Crippen molar-refractivity contribution in [2.75, 3.05) is 0 Å². The lowest BCUT2D eigenvalue weighted by atomic mass is 9.87. The fourth-order valence-corrected chi connectivity index (χ4v) is 3.30. The summed E-state index contributed by atoms with van der Waals surface area (Å²) in [5.74, 6) is 0.776. The molecule has 0 bridgehead atoms. The predicted molar refractivity (Wildman–Crippen MR) is 61.9 cm³/mol. The Morgan fingerprint density at radius 3 is 3.00 bits per heavy atom. The zero-order chi connectivity index (χ0) is 10.8. The lowest BCUT2D eigenvalue weighted by molar-refractivity contribution is 0.354. The number of hydrogen-bond acceptors (Lipinski definition) is 4. The Hall–Kier alpha value is -0.480. The number of nitrogens with zero attached hydrogens (tertiary/aromatic N) is 1. The first-order chi connectivity index (χ1) is 7.15. The van der Waals surface area contributed by atoms with Gasteiger partial charge in [-0.05, 0) is 32.1 Å². The molecule has 0 aromatic carbocycles. The zero-order valence-electron chi connectivity index (χ0n) is 9.27. The molecule has 0 aliphatic heterocycles. The second-order valence-electron chi connectivity index (χ2n) is 4.49. The van der Waals surface area contributed by atoms with Gasteiger partial charge in [0, 0.05) is 11.3 Å². The van der Waals surface area contributed by atoms with E-state index >= 15 is 0 Å². The Morgan fingerprint density at radius 1 is 1.53 bits per heavy atom. The molecule has 2 rings (SSSR count). The lowest BCUT2D eigenvalue weighted by Gasteiger charge is -2.30. The molecule has 1 aromatic rings. The Morgan fingerprint density at radius 2 is 2.33 bits per heavy atom. The predicted octanol–water partition coefficient (Wildman–Crippen LogP) is 2.59. The Bertz CT molecular complexity index is 326. The number of thioether (sulfide) groups is 1. The van der Waals surface area contributed by atoms with Crippen molar-refractivity contribution in [2.45, 2.75) is 49.6 Å². The molecule has 0 saturated heterocycles. The average molecular weight is 226 g/mol. The van der Waals surface area contributed by atoms with Crippen LogP contribution in [0.5, 0.6) is 0 Å². The summed E-state index contributed by atoms with van der Waals surface area (Å²) in [4.78, 5) is 4.31. The van der Waals surface area contributed by atoms with Crippen molar-refractivity contribution >= 4 is 11.8 Å². The van der Waals surface area contributed by atoms with Gasteiger partial charge in [-0.1, -0.05) is 18.7 Å². The maximum atomic E-state index is 6.11. The highest BCUT2D eigenvalue weighted by molar-refractivity contribution is 7.99. The van der Waals surface area contributed by atoms with Crippen molar-refractivity contribution < 1.29 is 4.42 Å². The number of rotatable bonds is 2. The fraction of sp³-hybridized carbons (Fsp3) is 0.727. The van der Waals surface area contributed by atoms with Crippen LogP contribution in [-0.4, -0.2) is 16.3 Å². The number of nitrogens with two attached hydrogens (primary N) is 1. The van der Waals surface area contributed by atoms with Crippen molar-refractivity contribution in [3.63, 3.8) is 0 Å². The summed E-state index contributed by atoms with van der Waals surface area (Å²) in [5, 5.41) is 1.23. The summed E-state index contributed by atoms with van der Waals surface area (Å²) in [5.41, 5.74) is 7.05. The third kappa shape index (κ3) is 2.75. The van der Waals surface area contributed by atoms with Crippen LogP contribution in [-0.2, 0) is 0 Å². The molecule has 15 heavy (non-hydrogen) atoms. The normalized spacial score (nSPS) is 31.8. The second-order valence-corrected chi connectivity index (χ2v) is 5.68. The molecule has 2 N–H and O–H groups in total. The molecule has 4 heteroatoms. The van der Waals surface area contributed by atoms with Gasteiger partial charge in [0.05, 0.1) is 5.69 Å². The van der Waals surface area contributed by atoms with Gasteiger partial charge in [0.1, 0.15) is 6.26 Å². The van der Waals surface area contributed by atoms with Crippen LogP contribution in [0.4, 0.5) is 0 Å². The van der Waals surface area contributed by atoms with Crippen molar-refractivity contribution in [2.24, 2.45) is 11.7 Å². The average Bonchev–Trinajstić information content (AvgIpc) is 2.58. The molecule has 84 valence electrons. The minimum Gasteiger partial charge on any atom is -0.440 e. The van der Waals surface area contributed by atoms with Gasteiger partial charge in [-0.2, -0.15) is 0 Å². The molecule has 1 aliphatic carbocycles. The zero-order valence-corrected chi connectivity index (χ0v) is 10.1. The maximum Gasteiger partial charge on any atom is 0.256 e. The van der Waals surface area contributed by atoms with Crippen LogP contribution in [0.15, 0.2) is 15.9 Å². The molecule has 1 aliphatic rings. The minimum atomic E-state index is 0.290. The van der Waals surface area contributed by atoms with E-state index in [1.807, 2.05) is 6.92 Å². The van der Waals surface area contributed by atoms with E-state index in [-0.39, 0.29) is 0 Å². The minimum absolute atomic E-state index is 0.290. The Balaban J connectivity index is 1.98. The van der Waals surface area contributed by atoms with Gasteiger partial charge in [-0.3, -0.25) is 0 Å². The molecule has 1 heterocycles. The second kappa shape index (κ2) is 4.58. The third-order valence-corrected chi connectivity index (χ3v) is 4.19. The molecule has 0 radical (unpaired) electrons. The number of aryl methyl sites for hydroxylation is 1. The number of aromatic nitrogens is 1. The van der Waals surface area contributed by atoms with Crippen molar-refractivity contribution in [3.8, 4) is 0 Å². The highest BCUT2D eigenvalue weighted by atomic mass is 32.2. The van der Waals surface area contributed by atoms with Gasteiger partial charge in [-0.15, -0.1) is 0 Å².